The van der Waals surface area contributed by atoms with Gasteiger partial charge in [0.25, 0.3) is 0 Å². The topological polar surface area (TPSA) is 73.9 Å². The molecule has 0 saturated heterocycles. The van der Waals surface area contributed by atoms with Crippen LogP contribution in [0.15, 0.2) is 48.6 Å². The van der Waals surface area contributed by atoms with Crippen molar-refractivity contribution < 1.29 is 9.53 Å². The van der Waals surface area contributed by atoms with Crippen molar-refractivity contribution in [3.05, 3.63) is 81.9 Å². The summed E-state index contributed by atoms with van der Waals surface area (Å²) in [6.45, 7) is 2.40. The van der Waals surface area contributed by atoms with E-state index in [0.29, 0.717) is 29.9 Å². The van der Waals surface area contributed by atoms with Crippen molar-refractivity contribution in [1.82, 2.24) is 0 Å². The number of carbonyl (C=O) groups excluding carboxylic acids is 1. The smallest absolute Gasteiger partial charge is 0.154 e. The maximum absolute atomic E-state index is 11.9. The summed E-state index contributed by atoms with van der Waals surface area (Å²) in [7, 11) is 0. The Morgan fingerprint density at radius 3 is 2.66 bits per heavy atom. The molecule has 0 radical (unpaired) electrons. The number of unbranched alkanes of at least 4 members (excludes halogenated alkanes) is 2. The molecule has 160 valence electrons. The van der Waals surface area contributed by atoms with Gasteiger partial charge >= 0.3 is 0 Å². The lowest BCUT2D eigenvalue weighted by Gasteiger charge is -2.13. The molecule has 3 rings (SSSR count). The Kier molecular flexibility index (Phi) is 8.18. The van der Waals surface area contributed by atoms with Crippen molar-refractivity contribution in [2.75, 3.05) is 6.61 Å². The van der Waals surface area contributed by atoms with Gasteiger partial charge in [0.1, 0.15) is 11.8 Å². The Morgan fingerprint density at radius 2 is 1.94 bits per heavy atom. The highest BCUT2D eigenvalue weighted by Gasteiger charge is 2.12. The van der Waals surface area contributed by atoms with Crippen molar-refractivity contribution in [2.45, 2.75) is 39.0 Å². The summed E-state index contributed by atoms with van der Waals surface area (Å²) in [5.74, 6) is 0.536. The quantitative estimate of drug-likeness (QED) is 0.257. The van der Waals surface area contributed by atoms with Crippen molar-refractivity contribution in [2.24, 2.45) is 0 Å². The Bertz CT molecular complexity index is 1160. The van der Waals surface area contributed by atoms with E-state index in [-0.39, 0.29) is 0 Å². The number of aldehydes is 1. The fraction of sp³-hybridized carbons (Fsp3) is 0.250. The first kappa shape index (κ1) is 22.8. The highest BCUT2D eigenvalue weighted by molar-refractivity contribution is 5.90. The number of nitriles is 2. The van der Waals surface area contributed by atoms with Crippen LogP contribution in [0.4, 0.5) is 0 Å². The number of carbonyl (C=O) groups is 1. The van der Waals surface area contributed by atoms with E-state index in [4.69, 9.17) is 10.00 Å². The zero-order valence-corrected chi connectivity index (χ0v) is 18.3. The fourth-order valence-electron chi connectivity index (χ4n) is 3.74. The van der Waals surface area contributed by atoms with E-state index in [1.54, 1.807) is 0 Å². The fourth-order valence-corrected chi connectivity index (χ4v) is 3.74. The van der Waals surface area contributed by atoms with E-state index < -0.39 is 0 Å². The van der Waals surface area contributed by atoms with Crippen LogP contribution in [0.2, 0.25) is 0 Å². The predicted molar refractivity (Wildman–Crippen MR) is 128 cm³/mol. The summed E-state index contributed by atoms with van der Waals surface area (Å²) in [6.07, 6.45) is 15.0. The minimum absolute atomic E-state index is 0.456. The molecule has 2 aromatic rings. The summed E-state index contributed by atoms with van der Waals surface area (Å²) >= 11 is 0. The number of hydrogen-bond donors (Lipinski definition) is 0. The molecule has 0 N–H and O–H groups in total. The van der Waals surface area contributed by atoms with Crippen LogP contribution in [0.3, 0.4) is 0 Å². The molecule has 0 heterocycles. The largest absolute Gasteiger partial charge is 0.493 e. The number of hydrogen-bond acceptors (Lipinski definition) is 4. The molecule has 0 fully saturated rings. The first-order valence-corrected chi connectivity index (χ1v) is 10.9. The second-order valence-corrected chi connectivity index (χ2v) is 7.64. The van der Waals surface area contributed by atoms with E-state index in [9.17, 15) is 10.1 Å². The van der Waals surface area contributed by atoms with Crippen molar-refractivity contribution in [3.8, 4) is 17.9 Å². The summed E-state index contributed by atoms with van der Waals surface area (Å²) in [5, 5.41) is 18.5. The normalized spacial score (nSPS) is 12.8. The summed E-state index contributed by atoms with van der Waals surface area (Å²) in [5.41, 5.74) is 5.65. The van der Waals surface area contributed by atoms with Gasteiger partial charge in [-0.05, 0) is 66.5 Å². The summed E-state index contributed by atoms with van der Waals surface area (Å²) in [6, 6.07) is 14.0. The number of rotatable bonds is 9. The van der Waals surface area contributed by atoms with Crippen molar-refractivity contribution in [1.29, 1.82) is 10.5 Å². The van der Waals surface area contributed by atoms with Gasteiger partial charge < -0.3 is 4.74 Å². The van der Waals surface area contributed by atoms with Gasteiger partial charge in [-0.1, -0.05) is 54.6 Å². The van der Waals surface area contributed by atoms with Gasteiger partial charge in [0.15, 0.2) is 6.29 Å². The average molecular weight is 423 g/mol. The SMILES string of the molecule is Cc1ccc(OCCCCC#N)c(C=O)c1/C=C/c1cccc(C2=CCCC=C2)c1C#N. The molecule has 4 heteroatoms. The molecule has 0 amide bonds. The Labute approximate surface area is 189 Å². The van der Waals surface area contributed by atoms with Crippen molar-refractivity contribution >= 4 is 24.0 Å². The standard InChI is InChI=1S/C28H26N2O2/c1-21-13-16-28(32-18-7-3-6-17-29)27(20-31)24(21)15-14-23-11-8-12-25(26(23)19-30)22-9-4-2-5-10-22/h4,8-16,20H,2-3,5-7,18H2,1H3/b15-14+. The maximum atomic E-state index is 11.9. The molecule has 0 saturated carbocycles. The van der Waals surface area contributed by atoms with Gasteiger partial charge in [-0.2, -0.15) is 10.5 Å². The first-order chi connectivity index (χ1) is 15.7. The van der Waals surface area contributed by atoms with E-state index in [2.05, 4.69) is 30.4 Å². The summed E-state index contributed by atoms with van der Waals surface area (Å²) < 4.78 is 5.82. The first-order valence-electron chi connectivity index (χ1n) is 10.9. The van der Waals surface area contributed by atoms with E-state index >= 15 is 0 Å². The molecule has 0 spiro atoms. The van der Waals surface area contributed by atoms with Gasteiger partial charge in [0.2, 0.25) is 0 Å². The minimum Gasteiger partial charge on any atom is -0.493 e. The molecule has 0 unspecified atom stereocenters. The monoisotopic (exact) mass is 422 g/mol. The third-order valence-electron chi connectivity index (χ3n) is 5.47. The number of ether oxygens (including phenoxy) is 1. The molecule has 0 aliphatic heterocycles. The van der Waals surface area contributed by atoms with Crippen LogP contribution in [-0.4, -0.2) is 12.9 Å². The van der Waals surface area contributed by atoms with Crippen molar-refractivity contribution in [3.63, 3.8) is 0 Å². The van der Waals surface area contributed by atoms with Crippen LogP contribution in [0.1, 0.15) is 70.3 Å². The molecule has 32 heavy (non-hydrogen) atoms. The number of nitrogens with zero attached hydrogens (tertiary/aromatic N) is 2. The lowest BCUT2D eigenvalue weighted by Crippen LogP contribution is -2.02. The molecule has 1 aliphatic rings. The summed E-state index contributed by atoms with van der Waals surface area (Å²) in [4.78, 5) is 11.9. The number of benzene rings is 2. The van der Waals surface area contributed by atoms with E-state index in [1.807, 2.05) is 49.4 Å². The molecule has 0 atom stereocenters. The molecule has 1 aliphatic carbocycles. The molecule has 2 aromatic carbocycles. The van der Waals surface area contributed by atoms with Gasteiger partial charge in [0, 0.05) is 6.42 Å². The van der Waals surface area contributed by atoms with E-state index in [1.165, 1.54) is 0 Å². The molecular weight excluding hydrogens is 396 g/mol. The lowest BCUT2D eigenvalue weighted by molar-refractivity contribution is 0.111. The Hall–Kier alpha value is -3.89. The third kappa shape index (κ3) is 5.42. The number of aryl methyl sites for hydroxylation is 1. The zero-order chi connectivity index (χ0) is 22.8. The maximum Gasteiger partial charge on any atom is 0.154 e. The predicted octanol–water partition coefficient (Wildman–Crippen LogP) is 6.66. The molecule has 4 nitrogen and oxygen atoms in total. The zero-order valence-electron chi connectivity index (χ0n) is 18.3. The van der Waals surface area contributed by atoms with Crippen LogP contribution < -0.4 is 4.74 Å². The Balaban J connectivity index is 1.91. The molecule has 0 aromatic heterocycles. The highest BCUT2D eigenvalue weighted by atomic mass is 16.5. The number of allylic oxidation sites excluding steroid dienone is 4. The second kappa shape index (κ2) is 11.5. The van der Waals surface area contributed by atoms with Gasteiger partial charge in [-0.3, -0.25) is 4.79 Å². The molecule has 0 bridgehead atoms. The molecular formula is C28H26N2O2. The van der Waals surface area contributed by atoms with Gasteiger partial charge in [-0.15, -0.1) is 0 Å². The average Bonchev–Trinajstić information content (AvgIpc) is 2.83. The Morgan fingerprint density at radius 1 is 1.06 bits per heavy atom. The van der Waals surface area contributed by atoms with Crippen LogP contribution in [0, 0.1) is 29.6 Å². The van der Waals surface area contributed by atoms with Crippen LogP contribution in [0.25, 0.3) is 17.7 Å². The van der Waals surface area contributed by atoms with Gasteiger partial charge in [-0.25, -0.2) is 0 Å². The second-order valence-electron chi connectivity index (χ2n) is 7.64. The van der Waals surface area contributed by atoms with Crippen LogP contribution in [0.5, 0.6) is 5.75 Å². The van der Waals surface area contributed by atoms with E-state index in [0.717, 1.165) is 59.8 Å². The minimum atomic E-state index is 0.456. The lowest BCUT2D eigenvalue weighted by atomic mass is 9.92. The van der Waals surface area contributed by atoms with Gasteiger partial charge in [0.05, 0.1) is 23.8 Å². The highest BCUT2D eigenvalue weighted by Crippen LogP contribution is 2.29. The van der Waals surface area contributed by atoms with Crippen LogP contribution in [-0.2, 0) is 0 Å². The van der Waals surface area contributed by atoms with Crippen LogP contribution >= 0.6 is 0 Å². The third-order valence-corrected chi connectivity index (χ3v) is 5.47.